The number of carbonyl (C=O) groups is 3. The minimum absolute atomic E-state index is 0.0204. The highest BCUT2D eigenvalue weighted by Gasteiger charge is 2.39. The van der Waals surface area contributed by atoms with E-state index in [1.165, 1.54) is 12.1 Å². The molecule has 0 aromatic heterocycles. The van der Waals surface area contributed by atoms with Gasteiger partial charge in [-0.1, -0.05) is 11.6 Å². The van der Waals surface area contributed by atoms with Crippen LogP contribution in [0.1, 0.15) is 39.2 Å². The number of amides is 3. The molecule has 2 N–H and O–H groups in total. The van der Waals surface area contributed by atoms with Crippen molar-refractivity contribution in [3.8, 4) is 5.75 Å². The maximum absolute atomic E-state index is 13.6. The van der Waals surface area contributed by atoms with E-state index in [2.05, 4.69) is 10.6 Å². The van der Waals surface area contributed by atoms with Crippen LogP contribution >= 0.6 is 11.6 Å². The van der Waals surface area contributed by atoms with Crippen LogP contribution in [0.15, 0.2) is 36.4 Å². The quantitative estimate of drug-likeness (QED) is 0.430. The summed E-state index contributed by atoms with van der Waals surface area (Å²) in [6.45, 7) is 4.19. The number of ether oxygens (including phenoxy) is 2. The molecular weight excluding hydrogens is 565 g/mol. The number of alkyl halides is 3. The van der Waals surface area contributed by atoms with Gasteiger partial charge in [-0.05, 0) is 63.9 Å². The molecule has 0 saturated carbocycles. The lowest BCUT2D eigenvalue weighted by atomic mass is 9.97. The third kappa shape index (κ3) is 8.44. The van der Waals surface area contributed by atoms with Crippen LogP contribution in [-0.2, 0) is 20.5 Å². The van der Waals surface area contributed by atoms with Gasteiger partial charge in [0.1, 0.15) is 29.0 Å². The SMILES string of the molecule is CC(C)(C)OC(=O)N1CC(NC(=O)COc2ccc(Cl)c(F)c2)CC[C@@H]1C(=O)Nc1ccc(F)c(C(F)(F)F)c1. The van der Waals surface area contributed by atoms with Gasteiger partial charge in [0.2, 0.25) is 5.91 Å². The van der Waals surface area contributed by atoms with Crippen molar-refractivity contribution in [3.63, 3.8) is 0 Å². The molecule has 0 aliphatic carbocycles. The van der Waals surface area contributed by atoms with Crippen LogP contribution in [0.5, 0.6) is 5.75 Å². The fraction of sp³-hybridized carbons (Fsp3) is 0.423. The smallest absolute Gasteiger partial charge is 0.419 e. The van der Waals surface area contributed by atoms with Gasteiger partial charge in [0.05, 0.1) is 10.6 Å². The first-order valence-electron chi connectivity index (χ1n) is 12.1. The number of likely N-dealkylation sites (tertiary alicyclic amines) is 1. The lowest BCUT2D eigenvalue weighted by molar-refractivity contribution is -0.140. The van der Waals surface area contributed by atoms with Crippen molar-refractivity contribution >= 4 is 35.2 Å². The zero-order valence-electron chi connectivity index (χ0n) is 21.7. The largest absolute Gasteiger partial charge is 0.484 e. The summed E-state index contributed by atoms with van der Waals surface area (Å²) in [5, 5.41) is 4.86. The Bertz CT molecular complexity index is 1270. The Kier molecular flexibility index (Phi) is 9.49. The van der Waals surface area contributed by atoms with Crippen LogP contribution in [0, 0.1) is 11.6 Å². The van der Waals surface area contributed by atoms with Crippen molar-refractivity contribution in [1.29, 1.82) is 0 Å². The first kappa shape index (κ1) is 30.9. The highest BCUT2D eigenvalue weighted by atomic mass is 35.5. The Morgan fingerprint density at radius 2 is 1.73 bits per heavy atom. The van der Waals surface area contributed by atoms with Gasteiger partial charge in [0.25, 0.3) is 5.91 Å². The molecular formula is C26H27ClF5N3O5. The zero-order chi connectivity index (χ0) is 29.8. The van der Waals surface area contributed by atoms with Crippen LogP contribution in [-0.4, -0.2) is 53.6 Å². The van der Waals surface area contributed by atoms with Crippen molar-refractivity contribution in [2.45, 2.75) is 57.5 Å². The Balaban J connectivity index is 1.70. The van der Waals surface area contributed by atoms with Gasteiger partial charge >= 0.3 is 12.3 Å². The zero-order valence-corrected chi connectivity index (χ0v) is 22.5. The van der Waals surface area contributed by atoms with Gasteiger partial charge in [-0.2, -0.15) is 13.2 Å². The van der Waals surface area contributed by atoms with E-state index in [4.69, 9.17) is 21.1 Å². The number of anilines is 1. The van der Waals surface area contributed by atoms with Crippen molar-refractivity contribution in [2.24, 2.45) is 0 Å². The minimum atomic E-state index is -4.98. The molecule has 3 rings (SSSR count). The van der Waals surface area contributed by atoms with E-state index in [-0.39, 0.29) is 35.8 Å². The van der Waals surface area contributed by atoms with Gasteiger partial charge in [0.15, 0.2) is 6.61 Å². The molecule has 0 radical (unpaired) electrons. The van der Waals surface area contributed by atoms with Gasteiger partial charge in [-0.15, -0.1) is 0 Å². The van der Waals surface area contributed by atoms with Gasteiger partial charge in [0, 0.05) is 24.3 Å². The number of halogens is 6. The predicted octanol–water partition coefficient (Wildman–Crippen LogP) is 5.54. The second-order valence-corrected chi connectivity index (χ2v) is 10.4. The van der Waals surface area contributed by atoms with Crippen molar-refractivity contribution in [1.82, 2.24) is 10.2 Å². The Hall–Kier alpha value is -3.61. The minimum Gasteiger partial charge on any atom is -0.484 e. The van der Waals surface area contributed by atoms with E-state index in [0.717, 1.165) is 17.0 Å². The first-order valence-corrected chi connectivity index (χ1v) is 12.5. The number of benzene rings is 2. The van der Waals surface area contributed by atoms with E-state index in [9.17, 15) is 36.3 Å². The van der Waals surface area contributed by atoms with Crippen molar-refractivity contribution in [2.75, 3.05) is 18.5 Å². The van der Waals surface area contributed by atoms with Crippen LogP contribution < -0.4 is 15.4 Å². The summed E-state index contributed by atoms with van der Waals surface area (Å²) in [7, 11) is 0. The molecule has 2 atom stereocenters. The Morgan fingerprint density at radius 1 is 1.02 bits per heavy atom. The number of rotatable bonds is 6. The highest BCUT2D eigenvalue weighted by Crippen LogP contribution is 2.33. The van der Waals surface area contributed by atoms with E-state index < -0.39 is 65.6 Å². The van der Waals surface area contributed by atoms with E-state index in [0.29, 0.717) is 12.1 Å². The fourth-order valence-corrected chi connectivity index (χ4v) is 4.03. The molecule has 0 bridgehead atoms. The lowest BCUT2D eigenvalue weighted by Crippen LogP contribution is -2.58. The first-order chi connectivity index (χ1) is 18.5. The summed E-state index contributed by atoms with van der Waals surface area (Å²) in [5.41, 5.74) is -2.80. The van der Waals surface area contributed by atoms with Gasteiger partial charge in [-0.3, -0.25) is 14.5 Å². The molecule has 0 spiro atoms. The van der Waals surface area contributed by atoms with E-state index >= 15 is 0 Å². The molecule has 218 valence electrons. The standard InChI is InChI=1S/C26H27ClF5N3O5/c1-25(2,3)40-24(38)35-12-15(33-22(36)13-39-16-6-7-18(27)20(29)11-16)5-9-21(35)23(37)34-14-4-8-19(28)17(10-14)26(30,31)32/h4,6-8,10-11,15,21H,5,9,12-13H2,1-3H3,(H,33,36)(H,34,37)/t15?,21-/m1/s1. The fourth-order valence-electron chi connectivity index (χ4n) is 3.91. The number of piperidine rings is 1. The number of carbonyl (C=O) groups excluding carboxylic acids is 3. The molecule has 3 amide bonds. The Morgan fingerprint density at radius 3 is 2.35 bits per heavy atom. The maximum Gasteiger partial charge on any atom is 0.419 e. The third-order valence-electron chi connectivity index (χ3n) is 5.68. The summed E-state index contributed by atoms with van der Waals surface area (Å²) in [6, 6.07) is 3.89. The monoisotopic (exact) mass is 591 g/mol. The number of nitrogens with one attached hydrogen (secondary N) is 2. The molecule has 2 aromatic carbocycles. The van der Waals surface area contributed by atoms with Crippen molar-refractivity contribution < 1.29 is 45.8 Å². The predicted molar refractivity (Wildman–Crippen MR) is 135 cm³/mol. The van der Waals surface area contributed by atoms with Gasteiger partial charge in [-0.25, -0.2) is 13.6 Å². The lowest BCUT2D eigenvalue weighted by Gasteiger charge is -2.39. The average molecular weight is 592 g/mol. The maximum atomic E-state index is 13.6. The third-order valence-corrected chi connectivity index (χ3v) is 5.98. The summed E-state index contributed by atoms with van der Waals surface area (Å²) in [6.07, 6.45) is -5.62. The van der Waals surface area contributed by atoms with Crippen LogP contribution in [0.3, 0.4) is 0 Å². The normalized spacial score (nSPS) is 17.7. The molecule has 1 unspecified atom stereocenters. The topological polar surface area (TPSA) is 97.0 Å². The van der Waals surface area contributed by atoms with Crippen LogP contribution in [0.4, 0.5) is 32.4 Å². The second kappa shape index (κ2) is 12.3. The second-order valence-electron chi connectivity index (χ2n) is 10.0. The van der Waals surface area contributed by atoms with Crippen LogP contribution in [0.25, 0.3) is 0 Å². The van der Waals surface area contributed by atoms with Crippen LogP contribution in [0.2, 0.25) is 5.02 Å². The highest BCUT2D eigenvalue weighted by molar-refractivity contribution is 6.30. The molecule has 1 fully saturated rings. The summed E-state index contributed by atoms with van der Waals surface area (Å²) < 4.78 is 77.2. The molecule has 2 aromatic rings. The molecule has 1 aliphatic heterocycles. The van der Waals surface area contributed by atoms with E-state index in [1.54, 1.807) is 20.8 Å². The number of nitrogens with zero attached hydrogens (tertiary/aromatic N) is 1. The number of hydrogen-bond donors (Lipinski definition) is 2. The summed E-state index contributed by atoms with van der Waals surface area (Å²) in [4.78, 5) is 39.5. The molecule has 8 nitrogen and oxygen atoms in total. The van der Waals surface area contributed by atoms with Crippen molar-refractivity contribution in [3.05, 3.63) is 58.6 Å². The van der Waals surface area contributed by atoms with E-state index in [1.807, 2.05) is 0 Å². The molecule has 1 saturated heterocycles. The molecule has 14 heteroatoms. The Labute approximate surface area is 231 Å². The summed E-state index contributed by atoms with van der Waals surface area (Å²) in [5.74, 6) is -3.55. The molecule has 40 heavy (non-hydrogen) atoms. The average Bonchev–Trinajstić information content (AvgIpc) is 2.84. The summed E-state index contributed by atoms with van der Waals surface area (Å²) >= 11 is 5.62. The van der Waals surface area contributed by atoms with Gasteiger partial charge < -0.3 is 20.1 Å². The number of hydrogen-bond acceptors (Lipinski definition) is 5. The molecule has 1 heterocycles. The molecule has 1 aliphatic rings.